The molecule has 0 unspecified atom stereocenters. The van der Waals surface area contributed by atoms with E-state index in [-0.39, 0.29) is 0 Å². The summed E-state index contributed by atoms with van der Waals surface area (Å²) in [4.78, 5) is 14.4. The molecule has 0 aliphatic carbocycles. The third kappa shape index (κ3) is 4.19. The van der Waals surface area contributed by atoms with Gasteiger partial charge in [0, 0.05) is 30.5 Å². The molecule has 4 heteroatoms. The molecular weight excluding hydrogens is 298 g/mol. The molecule has 1 saturated heterocycles. The average Bonchev–Trinajstić information content (AvgIpc) is 3.04. The van der Waals surface area contributed by atoms with Crippen LogP contribution in [0.1, 0.15) is 43.2 Å². The Labute approximate surface area is 135 Å². The third-order valence-corrected chi connectivity index (χ3v) is 7.38. The van der Waals surface area contributed by atoms with Crippen molar-refractivity contribution < 1.29 is 4.79 Å². The Bertz CT molecular complexity index is 485. The molecule has 114 valence electrons. The molecule has 1 aromatic rings. The second-order valence-corrected chi connectivity index (χ2v) is 8.70. The molecule has 0 N–H and O–H groups in total. The Hall–Kier alpha value is -0.610. The van der Waals surface area contributed by atoms with Crippen molar-refractivity contribution in [3.8, 4) is 0 Å². The van der Waals surface area contributed by atoms with E-state index in [0.29, 0.717) is 5.91 Å². The molecule has 1 fully saturated rings. The highest BCUT2D eigenvalue weighted by molar-refractivity contribution is 8.77. The Kier molecular flexibility index (Phi) is 5.53. The van der Waals surface area contributed by atoms with Crippen molar-refractivity contribution in [1.29, 1.82) is 0 Å². The first-order valence-electron chi connectivity index (χ1n) is 7.96. The minimum atomic E-state index is 0.345. The van der Waals surface area contributed by atoms with Gasteiger partial charge in [-0.15, -0.1) is 0 Å². The van der Waals surface area contributed by atoms with Crippen LogP contribution in [-0.4, -0.2) is 28.4 Å². The van der Waals surface area contributed by atoms with E-state index in [1.54, 1.807) is 0 Å². The van der Waals surface area contributed by atoms with Crippen molar-refractivity contribution in [3.05, 3.63) is 35.4 Å². The maximum Gasteiger partial charge on any atom is 0.222 e. The van der Waals surface area contributed by atoms with Gasteiger partial charge in [0.25, 0.3) is 0 Å². The maximum absolute atomic E-state index is 12.3. The molecule has 1 amide bonds. The quantitative estimate of drug-likeness (QED) is 0.596. The predicted octanol–water partition coefficient (Wildman–Crippen LogP) is 4.29. The van der Waals surface area contributed by atoms with Gasteiger partial charge in [0.15, 0.2) is 0 Å². The van der Waals surface area contributed by atoms with Crippen LogP contribution in [0.5, 0.6) is 0 Å². The fourth-order valence-electron chi connectivity index (χ4n) is 3.08. The summed E-state index contributed by atoms with van der Waals surface area (Å²) >= 11 is 0. The first kappa shape index (κ1) is 15.3. The monoisotopic (exact) mass is 321 g/mol. The number of carbonyl (C=O) groups is 1. The number of unbranched alkanes of at least 4 members (excludes halogenated alkanes) is 1. The van der Waals surface area contributed by atoms with Crippen LogP contribution in [0.2, 0.25) is 0 Å². The van der Waals surface area contributed by atoms with Gasteiger partial charge in [-0.3, -0.25) is 4.79 Å². The zero-order chi connectivity index (χ0) is 14.5. The van der Waals surface area contributed by atoms with Crippen LogP contribution >= 0.6 is 21.6 Å². The lowest BCUT2D eigenvalue weighted by Crippen LogP contribution is -2.35. The van der Waals surface area contributed by atoms with Gasteiger partial charge in [0.2, 0.25) is 5.91 Å². The summed E-state index contributed by atoms with van der Waals surface area (Å²) in [6.45, 7) is 1.70. The summed E-state index contributed by atoms with van der Waals surface area (Å²) in [5.41, 5.74) is 2.74. The molecule has 2 nitrogen and oxygen atoms in total. The van der Waals surface area contributed by atoms with Crippen LogP contribution < -0.4 is 0 Å². The molecule has 2 aliphatic heterocycles. The van der Waals surface area contributed by atoms with Crippen LogP contribution in [0.4, 0.5) is 0 Å². The first-order valence-corrected chi connectivity index (χ1v) is 10.3. The summed E-state index contributed by atoms with van der Waals surface area (Å²) in [5.74, 6) is 1.65. The van der Waals surface area contributed by atoms with Gasteiger partial charge in [-0.05, 0) is 36.8 Å². The highest BCUT2D eigenvalue weighted by Crippen LogP contribution is 2.39. The Morgan fingerprint density at radius 1 is 1.24 bits per heavy atom. The molecule has 2 aliphatic rings. The van der Waals surface area contributed by atoms with Gasteiger partial charge in [-0.1, -0.05) is 52.3 Å². The van der Waals surface area contributed by atoms with E-state index in [0.717, 1.165) is 37.6 Å². The van der Waals surface area contributed by atoms with Gasteiger partial charge < -0.3 is 4.90 Å². The van der Waals surface area contributed by atoms with Gasteiger partial charge >= 0.3 is 0 Å². The lowest BCUT2D eigenvalue weighted by atomic mass is 9.99. The van der Waals surface area contributed by atoms with Gasteiger partial charge in [0.05, 0.1) is 0 Å². The van der Waals surface area contributed by atoms with Crippen LogP contribution in [0.15, 0.2) is 24.3 Å². The highest BCUT2D eigenvalue weighted by Gasteiger charge is 2.20. The van der Waals surface area contributed by atoms with Crippen molar-refractivity contribution in [2.24, 2.45) is 0 Å². The molecule has 0 spiro atoms. The molecule has 1 aromatic carbocycles. The smallest absolute Gasteiger partial charge is 0.222 e. The second kappa shape index (κ2) is 7.59. The van der Waals surface area contributed by atoms with E-state index >= 15 is 0 Å². The van der Waals surface area contributed by atoms with Crippen molar-refractivity contribution in [2.45, 2.75) is 50.3 Å². The highest BCUT2D eigenvalue weighted by atomic mass is 33.1. The van der Waals surface area contributed by atoms with E-state index in [4.69, 9.17) is 0 Å². The van der Waals surface area contributed by atoms with Crippen LogP contribution in [0.25, 0.3) is 0 Å². The summed E-state index contributed by atoms with van der Waals surface area (Å²) in [7, 11) is 4.05. The van der Waals surface area contributed by atoms with Gasteiger partial charge in [-0.25, -0.2) is 0 Å². The normalized spacial score (nSPS) is 21.3. The van der Waals surface area contributed by atoms with E-state index in [9.17, 15) is 4.79 Å². The van der Waals surface area contributed by atoms with E-state index in [2.05, 4.69) is 24.3 Å². The third-order valence-electron chi connectivity index (χ3n) is 4.38. The zero-order valence-electron chi connectivity index (χ0n) is 12.4. The van der Waals surface area contributed by atoms with Crippen molar-refractivity contribution in [2.75, 3.05) is 12.3 Å². The average molecular weight is 322 g/mol. The van der Waals surface area contributed by atoms with Gasteiger partial charge in [-0.2, -0.15) is 0 Å². The first-order chi connectivity index (χ1) is 10.3. The van der Waals surface area contributed by atoms with Gasteiger partial charge in [0.1, 0.15) is 0 Å². The Morgan fingerprint density at radius 3 is 2.90 bits per heavy atom. The van der Waals surface area contributed by atoms with Crippen LogP contribution in [0.3, 0.4) is 0 Å². The SMILES string of the molecule is O=C(CCCC[C@@H]1CCSS1)N1CCc2ccccc2C1. The molecular formula is C17H23NOS2. The lowest BCUT2D eigenvalue weighted by molar-refractivity contribution is -0.132. The van der Waals surface area contributed by atoms with Crippen molar-refractivity contribution in [3.63, 3.8) is 0 Å². The number of amides is 1. The molecule has 0 bridgehead atoms. The molecule has 1 atom stereocenters. The molecule has 0 radical (unpaired) electrons. The number of rotatable bonds is 5. The molecule has 0 aromatic heterocycles. The Balaban J connectivity index is 1.40. The molecule has 3 rings (SSSR count). The molecule has 0 saturated carbocycles. The number of nitrogens with zero attached hydrogens (tertiary/aromatic N) is 1. The summed E-state index contributed by atoms with van der Waals surface area (Å²) in [6.07, 6.45) is 6.64. The number of fused-ring (bicyclic) bond motifs is 1. The minimum Gasteiger partial charge on any atom is -0.338 e. The summed E-state index contributed by atoms with van der Waals surface area (Å²) in [6, 6.07) is 8.51. The van der Waals surface area contributed by atoms with E-state index < -0.39 is 0 Å². The largest absolute Gasteiger partial charge is 0.338 e. The molecule has 21 heavy (non-hydrogen) atoms. The second-order valence-electron chi connectivity index (χ2n) is 5.91. The maximum atomic E-state index is 12.3. The number of carbonyl (C=O) groups excluding carboxylic acids is 1. The van der Waals surface area contributed by atoms with Crippen molar-refractivity contribution in [1.82, 2.24) is 4.90 Å². The molecule has 2 heterocycles. The lowest BCUT2D eigenvalue weighted by Gasteiger charge is -2.29. The topological polar surface area (TPSA) is 20.3 Å². The summed E-state index contributed by atoms with van der Waals surface area (Å²) in [5, 5.41) is 0.840. The number of benzene rings is 1. The summed E-state index contributed by atoms with van der Waals surface area (Å²) < 4.78 is 0. The standard InChI is InChI=1S/C17H23NOS2/c19-17(8-4-3-7-16-10-12-20-21-16)18-11-9-14-5-1-2-6-15(14)13-18/h1-2,5-6,16H,3-4,7-13H2/t16-/m1/s1. The minimum absolute atomic E-state index is 0.345. The van der Waals surface area contributed by atoms with E-state index in [1.807, 2.05) is 26.5 Å². The van der Waals surface area contributed by atoms with E-state index in [1.165, 1.54) is 36.1 Å². The number of hydrogen-bond acceptors (Lipinski definition) is 3. The predicted molar refractivity (Wildman–Crippen MR) is 92.5 cm³/mol. The van der Waals surface area contributed by atoms with Crippen LogP contribution in [0, 0.1) is 0 Å². The fraction of sp³-hybridized carbons (Fsp3) is 0.588. The fourth-order valence-corrected chi connectivity index (χ4v) is 6.11. The van der Waals surface area contributed by atoms with Crippen LogP contribution in [-0.2, 0) is 17.8 Å². The Morgan fingerprint density at radius 2 is 2.10 bits per heavy atom. The zero-order valence-corrected chi connectivity index (χ0v) is 14.1. The van der Waals surface area contributed by atoms with Crippen molar-refractivity contribution >= 4 is 27.5 Å². The number of hydrogen-bond donors (Lipinski definition) is 0.